The van der Waals surface area contributed by atoms with Crippen molar-refractivity contribution in [2.24, 2.45) is 5.73 Å². The van der Waals surface area contributed by atoms with Crippen LogP contribution >= 0.6 is 22.6 Å². The smallest absolute Gasteiger partial charge is 0.129 e. The molecule has 1 aromatic carbocycles. The van der Waals surface area contributed by atoms with Gasteiger partial charge in [0.15, 0.2) is 0 Å². The molecule has 0 aliphatic heterocycles. The van der Waals surface area contributed by atoms with Gasteiger partial charge in [0.1, 0.15) is 5.82 Å². The van der Waals surface area contributed by atoms with Crippen molar-refractivity contribution >= 4 is 22.6 Å². The molecule has 2 nitrogen and oxygen atoms in total. The third kappa shape index (κ3) is 1.94. The maximum atomic E-state index is 13.1. The Bertz CT molecular complexity index is 260. The molecule has 0 heterocycles. The van der Waals surface area contributed by atoms with Gasteiger partial charge >= 0.3 is 0 Å². The number of aliphatic hydroxyl groups is 1. The molecule has 0 radical (unpaired) electrons. The Hall–Kier alpha value is -0.200. The molecule has 0 bridgehead atoms. The third-order valence-electron chi connectivity index (χ3n) is 1.57. The highest BCUT2D eigenvalue weighted by molar-refractivity contribution is 14.1. The molecule has 0 saturated carbocycles. The molecule has 1 rings (SSSR count). The van der Waals surface area contributed by atoms with Crippen molar-refractivity contribution in [3.05, 3.63) is 33.1 Å². The Balaban J connectivity index is 3.12. The number of aliphatic hydroxyl groups excluding tert-OH is 1. The second kappa shape index (κ2) is 4.15. The van der Waals surface area contributed by atoms with E-state index in [4.69, 9.17) is 10.8 Å². The Morgan fingerprint density at radius 1 is 1.58 bits per heavy atom. The number of benzene rings is 1. The van der Waals surface area contributed by atoms with Crippen LogP contribution in [0.3, 0.4) is 0 Å². The summed E-state index contributed by atoms with van der Waals surface area (Å²) in [4.78, 5) is 0. The minimum absolute atomic E-state index is 0.239. The van der Waals surface area contributed by atoms with Crippen molar-refractivity contribution in [3.8, 4) is 0 Å². The molecule has 0 fully saturated rings. The van der Waals surface area contributed by atoms with Crippen LogP contribution in [0.2, 0.25) is 0 Å². The molecule has 0 aliphatic rings. The maximum absolute atomic E-state index is 13.1. The topological polar surface area (TPSA) is 46.2 Å². The van der Waals surface area contributed by atoms with Gasteiger partial charge in [-0.15, -0.1) is 0 Å². The molecule has 0 unspecified atom stereocenters. The van der Waals surface area contributed by atoms with E-state index in [-0.39, 0.29) is 12.4 Å². The summed E-state index contributed by atoms with van der Waals surface area (Å²) < 4.78 is 13.8. The lowest BCUT2D eigenvalue weighted by Gasteiger charge is -2.11. The van der Waals surface area contributed by atoms with Gasteiger partial charge in [0.05, 0.1) is 12.6 Å². The van der Waals surface area contributed by atoms with Crippen LogP contribution in [-0.4, -0.2) is 11.7 Å². The summed E-state index contributed by atoms with van der Waals surface area (Å²) in [5.41, 5.74) is 5.89. The van der Waals surface area contributed by atoms with E-state index in [1.165, 1.54) is 6.07 Å². The first-order valence-electron chi connectivity index (χ1n) is 3.47. The van der Waals surface area contributed by atoms with Gasteiger partial charge in [0.2, 0.25) is 0 Å². The minimum Gasteiger partial charge on any atom is -0.394 e. The van der Waals surface area contributed by atoms with E-state index in [0.717, 1.165) is 3.57 Å². The van der Waals surface area contributed by atoms with Crippen molar-refractivity contribution < 1.29 is 9.50 Å². The van der Waals surface area contributed by atoms with Crippen LogP contribution in [0.25, 0.3) is 0 Å². The lowest BCUT2D eigenvalue weighted by atomic mass is 10.1. The first-order chi connectivity index (χ1) is 5.66. The van der Waals surface area contributed by atoms with Crippen molar-refractivity contribution in [1.82, 2.24) is 0 Å². The van der Waals surface area contributed by atoms with Crippen molar-refractivity contribution in [2.75, 3.05) is 6.61 Å². The average Bonchev–Trinajstić information content (AvgIpc) is 2.03. The van der Waals surface area contributed by atoms with Crippen LogP contribution in [0.15, 0.2) is 18.2 Å². The van der Waals surface area contributed by atoms with Crippen molar-refractivity contribution in [1.29, 1.82) is 0 Å². The zero-order valence-corrected chi connectivity index (χ0v) is 8.45. The van der Waals surface area contributed by atoms with Crippen LogP contribution < -0.4 is 5.73 Å². The van der Waals surface area contributed by atoms with E-state index in [9.17, 15) is 4.39 Å². The van der Waals surface area contributed by atoms with E-state index >= 15 is 0 Å². The summed E-state index contributed by atoms with van der Waals surface area (Å²) in [6.07, 6.45) is 0. The van der Waals surface area contributed by atoms with E-state index in [1.807, 2.05) is 22.6 Å². The molecular weight excluding hydrogens is 272 g/mol. The van der Waals surface area contributed by atoms with Gasteiger partial charge < -0.3 is 10.8 Å². The molecule has 3 N–H and O–H groups in total. The highest BCUT2D eigenvalue weighted by Gasteiger charge is 2.13. The second-order valence-electron chi connectivity index (χ2n) is 2.42. The largest absolute Gasteiger partial charge is 0.394 e. The third-order valence-corrected chi connectivity index (χ3v) is 2.51. The summed E-state index contributed by atoms with van der Waals surface area (Å²) in [7, 11) is 0. The second-order valence-corrected chi connectivity index (χ2v) is 3.59. The van der Waals surface area contributed by atoms with Gasteiger partial charge in [0.25, 0.3) is 0 Å². The summed E-state index contributed by atoms with van der Waals surface area (Å²) in [5.74, 6) is -0.358. The zero-order chi connectivity index (χ0) is 9.14. The molecule has 0 aromatic heterocycles. The SMILES string of the molecule is N[C@H](CO)c1c(F)cccc1I. The Morgan fingerprint density at radius 2 is 2.25 bits per heavy atom. The van der Waals surface area contributed by atoms with E-state index in [2.05, 4.69) is 0 Å². The van der Waals surface area contributed by atoms with Crippen molar-refractivity contribution in [3.63, 3.8) is 0 Å². The van der Waals surface area contributed by atoms with Crippen molar-refractivity contribution in [2.45, 2.75) is 6.04 Å². The normalized spacial score (nSPS) is 13.0. The Labute approximate surface area is 83.7 Å². The quantitative estimate of drug-likeness (QED) is 0.805. The monoisotopic (exact) mass is 281 g/mol. The van der Waals surface area contributed by atoms with Crippen LogP contribution in [0.5, 0.6) is 0 Å². The number of nitrogens with two attached hydrogens (primary N) is 1. The fraction of sp³-hybridized carbons (Fsp3) is 0.250. The van der Waals surface area contributed by atoms with Crippen LogP contribution in [-0.2, 0) is 0 Å². The maximum Gasteiger partial charge on any atom is 0.129 e. The number of hydrogen-bond acceptors (Lipinski definition) is 2. The summed E-state index contributed by atoms with van der Waals surface area (Å²) in [6, 6.07) is 4.09. The molecule has 0 aliphatic carbocycles. The zero-order valence-electron chi connectivity index (χ0n) is 6.30. The predicted molar refractivity (Wildman–Crippen MR) is 53.1 cm³/mol. The molecular formula is C8H9FINO. The first kappa shape index (κ1) is 9.88. The summed E-state index contributed by atoms with van der Waals surface area (Å²) >= 11 is 1.99. The van der Waals surface area contributed by atoms with E-state index in [0.29, 0.717) is 5.56 Å². The minimum atomic E-state index is -0.627. The van der Waals surface area contributed by atoms with Gasteiger partial charge in [-0.2, -0.15) is 0 Å². The van der Waals surface area contributed by atoms with Gasteiger partial charge in [-0.05, 0) is 34.7 Å². The molecule has 1 atom stereocenters. The Kier molecular flexibility index (Phi) is 3.42. The lowest BCUT2D eigenvalue weighted by molar-refractivity contribution is 0.265. The van der Waals surface area contributed by atoms with E-state index < -0.39 is 6.04 Å². The number of halogens is 2. The molecule has 0 saturated heterocycles. The van der Waals surface area contributed by atoms with E-state index in [1.54, 1.807) is 12.1 Å². The molecule has 0 spiro atoms. The number of hydrogen-bond donors (Lipinski definition) is 2. The van der Waals surface area contributed by atoms with Gasteiger partial charge in [-0.3, -0.25) is 0 Å². The van der Waals surface area contributed by atoms with Crippen LogP contribution in [0.1, 0.15) is 11.6 Å². The van der Waals surface area contributed by atoms with Crippen LogP contribution in [0, 0.1) is 9.39 Å². The van der Waals surface area contributed by atoms with Gasteiger partial charge in [-0.25, -0.2) is 4.39 Å². The molecule has 0 amide bonds. The standard InChI is InChI=1S/C8H9FINO/c9-5-2-1-3-6(10)8(5)7(11)4-12/h1-3,7,12H,4,11H2/t7-/m1/s1. The highest BCUT2D eigenvalue weighted by Crippen LogP contribution is 2.20. The fourth-order valence-electron chi connectivity index (χ4n) is 0.956. The molecule has 4 heteroatoms. The lowest BCUT2D eigenvalue weighted by Crippen LogP contribution is -2.17. The average molecular weight is 281 g/mol. The molecule has 66 valence electrons. The Morgan fingerprint density at radius 3 is 2.75 bits per heavy atom. The number of rotatable bonds is 2. The highest BCUT2D eigenvalue weighted by atomic mass is 127. The predicted octanol–water partition coefficient (Wildman–Crippen LogP) is 1.42. The molecule has 1 aromatic rings. The fourth-order valence-corrected chi connectivity index (χ4v) is 1.82. The molecule has 12 heavy (non-hydrogen) atoms. The van der Waals surface area contributed by atoms with Crippen LogP contribution in [0.4, 0.5) is 4.39 Å². The van der Waals surface area contributed by atoms with Gasteiger partial charge in [-0.1, -0.05) is 6.07 Å². The first-order valence-corrected chi connectivity index (χ1v) is 4.55. The summed E-state index contributed by atoms with van der Waals surface area (Å²) in [5, 5.41) is 8.74. The summed E-state index contributed by atoms with van der Waals surface area (Å²) in [6.45, 7) is -0.239. The van der Waals surface area contributed by atoms with Gasteiger partial charge in [0, 0.05) is 9.13 Å².